The summed E-state index contributed by atoms with van der Waals surface area (Å²) in [6, 6.07) is 19.2. The smallest absolute Gasteiger partial charge is 0.243 e. The molecule has 0 aliphatic heterocycles. The summed E-state index contributed by atoms with van der Waals surface area (Å²) in [5, 5.41) is 3.46. The van der Waals surface area contributed by atoms with Crippen molar-refractivity contribution in [3.63, 3.8) is 0 Å². The summed E-state index contributed by atoms with van der Waals surface area (Å²) in [6.45, 7) is 3.65. The third-order valence-corrected chi connectivity index (χ3v) is 7.50. The van der Waals surface area contributed by atoms with E-state index in [1.807, 2.05) is 38.1 Å². The first-order valence-corrected chi connectivity index (χ1v) is 12.2. The monoisotopic (exact) mass is 490 g/mol. The molecule has 0 radical (unpaired) electrons. The molecular weight excluding hydrogens is 467 g/mol. The molecule has 0 saturated carbocycles. The van der Waals surface area contributed by atoms with Crippen molar-refractivity contribution >= 4 is 39.1 Å². The van der Waals surface area contributed by atoms with Gasteiger partial charge in [-0.1, -0.05) is 76.8 Å². The van der Waals surface area contributed by atoms with Crippen LogP contribution in [-0.2, 0) is 27.9 Å². The van der Waals surface area contributed by atoms with Gasteiger partial charge in [-0.25, -0.2) is 8.42 Å². The molecule has 3 aromatic rings. The van der Waals surface area contributed by atoms with Gasteiger partial charge in [0.2, 0.25) is 15.9 Å². The van der Waals surface area contributed by atoms with E-state index < -0.39 is 15.9 Å². The van der Waals surface area contributed by atoms with Crippen LogP contribution in [0.1, 0.15) is 22.3 Å². The molecule has 5 nitrogen and oxygen atoms in total. The number of aryl methyl sites for hydroxylation is 2. The number of sulfonamides is 1. The van der Waals surface area contributed by atoms with Crippen molar-refractivity contribution in [2.75, 3.05) is 6.54 Å². The Morgan fingerprint density at radius 1 is 0.875 bits per heavy atom. The second kappa shape index (κ2) is 10.5. The highest BCUT2D eigenvalue weighted by Crippen LogP contribution is 2.28. The topological polar surface area (TPSA) is 66.5 Å². The predicted octanol–water partition coefficient (Wildman–Crippen LogP) is 5.12. The summed E-state index contributed by atoms with van der Waals surface area (Å²) in [5.74, 6) is -0.426. The predicted molar refractivity (Wildman–Crippen MR) is 128 cm³/mol. The van der Waals surface area contributed by atoms with Crippen LogP contribution in [0.4, 0.5) is 0 Å². The maximum Gasteiger partial charge on any atom is 0.243 e. The molecule has 168 valence electrons. The van der Waals surface area contributed by atoms with Crippen molar-refractivity contribution in [3.8, 4) is 0 Å². The van der Waals surface area contributed by atoms with E-state index >= 15 is 0 Å². The molecule has 1 N–H and O–H groups in total. The van der Waals surface area contributed by atoms with Crippen molar-refractivity contribution in [2.24, 2.45) is 0 Å². The second-order valence-corrected chi connectivity index (χ2v) is 10.3. The van der Waals surface area contributed by atoms with Gasteiger partial charge in [0.05, 0.1) is 11.4 Å². The Bertz CT molecular complexity index is 1170. The molecule has 0 unspecified atom stereocenters. The Hall–Kier alpha value is -2.38. The molecule has 0 fully saturated rings. The summed E-state index contributed by atoms with van der Waals surface area (Å²) in [6.07, 6.45) is 0. The fraction of sp³-hybridized carbons (Fsp3) is 0.208. The van der Waals surface area contributed by atoms with Crippen molar-refractivity contribution < 1.29 is 13.2 Å². The SMILES string of the molecule is Cc1ccc(CNC(=O)CN(Cc2c(Cl)cccc2Cl)S(=O)(=O)c2ccc(C)cc2)cc1. The van der Waals surface area contributed by atoms with Crippen LogP contribution in [0.25, 0.3) is 0 Å². The molecule has 0 aliphatic carbocycles. The van der Waals surface area contributed by atoms with Gasteiger partial charge in [-0.3, -0.25) is 4.79 Å². The molecular formula is C24H24Cl2N2O3S. The molecule has 3 rings (SSSR count). The van der Waals surface area contributed by atoms with Gasteiger partial charge in [-0.05, 0) is 43.7 Å². The van der Waals surface area contributed by atoms with Gasteiger partial charge in [0, 0.05) is 28.7 Å². The third kappa shape index (κ3) is 6.11. The quantitative estimate of drug-likeness (QED) is 0.476. The summed E-state index contributed by atoms with van der Waals surface area (Å²) in [5.41, 5.74) is 3.41. The lowest BCUT2D eigenvalue weighted by molar-refractivity contribution is -0.121. The number of amides is 1. The van der Waals surface area contributed by atoms with Gasteiger partial charge >= 0.3 is 0 Å². The number of benzene rings is 3. The van der Waals surface area contributed by atoms with E-state index in [0.29, 0.717) is 22.2 Å². The van der Waals surface area contributed by atoms with Crippen LogP contribution in [0.3, 0.4) is 0 Å². The molecule has 0 atom stereocenters. The largest absolute Gasteiger partial charge is 0.351 e. The standard InChI is InChI=1S/C24H24Cl2N2O3S/c1-17-6-10-19(11-7-17)14-27-24(29)16-28(15-21-22(25)4-3-5-23(21)26)32(30,31)20-12-8-18(2)9-13-20/h3-13H,14-16H2,1-2H3,(H,27,29). The lowest BCUT2D eigenvalue weighted by Gasteiger charge is -2.23. The van der Waals surface area contributed by atoms with Crippen LogP contribution in [0.15, 0.2) is 71.6 Å². The van der Waals surface area contributed by atoms with Crippen LogP contribution < -0.4 is 5.32 Å². The van der Waals surface area contributed by atoms with Crippen molar-refractivity contribution in [3.05, 3.63) is 99.0 Å². The van der Waals surface area contributed by atoms with Gasteiger partial charge < -0.3 is 5.32 Å². The molecule has 1 amide bonds. The minimum absolute atomic E-state index is 0.0950. The highest BCUT2D eigenvalue weighted by atomic mass is 35.5. The van der Waals surface area contributed by atoms with Crippen LogP contribution in [0, 0.1) is 13.8 Å². The van der Waals surface area contributed by atoms with E-state index in [1.165, 1.54) is 12.1 Å². The van der Waals surface area contributed by atoms with Crippen molar-refractivity contribution in [2.45, 2.75) is 31.8 Å². The van der Waals surface area contributed by atoms with E-state index in [2.05, 4.69) is 5.32 Å². The Morgan fingerprint density at radius 3 is 1.97 bits per heavy atom. The minimum Gasteiger partial charge on any atom is -0.351 e. The number of carbonyl (C=O) groups is 1. The highest BCUT2D eigenvalue weighted by molar-refractivity contribution is 7.89. The maximum atomic E-state index is 13.4. The number of rotatable bonds is 8. The van der Waals surface area contributed by atoms with E-state index in [-0.39, 0.29) is 18.0 Å². The number of hydrogen-bond donors (Lipinski definition) is 1. The highest BCUT2D eigenvalue weighted by Gasteiger charge is 2.28. The van der Waals surface area contributed by atoms with E-state index in [0.717, 1.165) is 21.0 Å². The normalized spacial score (nSPS) is 11.5. The van der Waals surface area contributed by atoms with Gasteiger partial charge in [0.15, 0.2) is 0 Å². The molecule has 0 saturated heterocycles. The third-order valence-electron chi connectivity index (χ3n) is 4.99. The van der Waals surface area contributed by atoms with Crippen molar-refractivity contribution in [1.82, 2.24) is 9.62 Å². The number of nitrogens with zero attached hydrogens (tertiary/aromatic N) is 1. The lowest BCUT2D eigenvalue weighted by Crippen LogP contribution is -2.40. The van der Waals surface area contributed by atoms with Crippen LogP contribution in [-0.4, -0.2) is 25.2 Å². The molecule has 32 heavy (non-hydrogen) atoms. The lowest BCUT2D eigenvalue weighted by atomic mass is 10.1. The van der Waals surface area contributed by atoms with Gasteiger partial charge in [-0.2, -0.15) is 4.31 Å². The molecule has 0 spiro atoms. The average molecular weight is 491 g/mol. The van der Waals surface area contributed by atoms with E-state index in [4.69, 9.17) is 23.2 Å². The number of halogens is 2. The number of hydrogen-bond acceptors (Lipinski definition) is 3. The number of carbonyl (C=O) groups excluding carboxylic acids is 1. The molecule has 0 aliphatic rings. The van der Waals surface area contributed by atoms with Crippen molar-refractivity contribution in [1.29, 1.82) is 0 Å². The van der Waals surface area contributed by atoms with Crippen LogP contribution in [0.2, 0.25) is 10.0 Å². The minimum atomic E-state index is -3.98. The van der Waals surface area contributed by atoms with Gasteiger partial charge in [-0.15, -0.1) is 0 Å². The fourth-order valence-corrected chi connectivity index (χ4v) is 4.95. The molecule has 3 aromatic carbocycles. The van der Waals surface area contributed by atoms with Gasteiger partial charge in [0.25, 0.3) is 0 Å². The van der Waals surface area contributed by atoms with Crippen LogP contribution in [0.5, 0.6) is 0 Å². The Kier molecular flexibility index (Phi) is 7.96. The Balaban J connectivity index is 1.85. The zero-order valence-corrected chi connectivity index (χ0v) is 20.1. The summed E-state index contributed by atoms with van der Waals surface area (Å²) in [7, 11) is -3.98. The second-order valence-electron chi connectivity index (χ2n) is 7.55. The maximum absolute atomic E-state index is 13.4. The summed E-state index contributed by atoms with van der Waals surface area (Å²) in [4.78, 5) is 12.8. The molecule has 0 aromatic heterocycles. The molecule has 8 heteroatoms. The first kappa shape index (κ1) is 24.3. The summed E-state index contributed by atoms with van der Waals surface area (Å²) >= 11 is 12.5. The fourth-order valence-electron chi connectivity index (χ4n) is 3.07. The number of nitrogens with one attached hydrogen (secondary N) is 1. The van der Waals surface area contributed by atoms with Crippen LogP contribution >= 0.6 is 23.2 Å². The first-order chi connectivity index (χ1) is 15.2. The molecule has 0 heterocycles. The Labute approximate surface area is 199 Å². The van der Waals surface area contributed by atoms with E-state index in [9.17, 15) is 13.2 Å². The summed E-state index contributed by atoms with van der Waals surface area (Å²) < 4.78 is 27.8. The Morgan fingerprint density at radius 2 is 1.41 bits per heavy atom. The van der Waals surface area contributed by atoms with E-state index in [1.54, 1.807) is 30.3 Å². The molecule has 0 bridgehead atoms. The zero-order valence-electron chi connectivity index (χ0n) is 17.8. The first-order valence-electron chi connectivity index (χ1n) is 9.99. The zero-order chi connectivity index (χ0) is 23.3. The average Bonchev–Trinajstić information content (AvgIpc) is 2.75. The van der Waals surface area contributed by atoms with Gasteiger partial charge in [0.1, 0.15) is 0 Å².